The molecule has 1 aliphatic heterocycles. The highest BCUT2D eigenvalue weighted by Crippen LogP contribution is 2.32. The van der Waals surface area contributed by atoms with Crippen LogP contribution in [0.4, 0.5) is 0 Å². The molecule has 3 N–H and O–H groups in total. The zero-order valence-electron chi connectivity index (χ0n) is 12.5. The maximum Gasteiger partial charge on any atom is 0.0888 e. The van der Waals surface area contributed by atoms with Gasteiger partial charge in [-0.25, -0.2) is 0 Å². The van der Waals surface area contributed by atoms with Crippen molar-refractivity contribution in [3.05, 3.63) is 70.7 Å². The van der Waals surface area contributed by atoms with E-state index in [4.69, 9.17) is 17.3 Å². The van der Waals surface area contributed by atoms with E-state index in [-0.39, 0.29) is 0 Å². The minimum atomic E-state index is -0.697. The van der Waals surface area contributed by atoms with E-state index in [0.29, 0.717) is 11.6 Å². The molecule has 2 aromatic carbocycles. The zero-order valence-corrected chi connectivity index (χ0v) is 13.2. The summed E-state index contributed by atoms with van der Waals surface area (Å²) in [5.74, 6) is 0. The van der Waals surface area contributed by atoms with Gasteiger partial charge >= 0.3 is 0 Å². The summed E-state index contributed by atoms with van der Waals surface area (Å²) in [6.07, 6.45) is 0.133. The Balaban J connectivity index is 1.70. The van der Waals surface area contributed by atoms with Gasteiger partial charge < -0.3 is 10.8 Å². The number of hydrogen-bond acceptors (Lipinski definition) is 3. The summed E-state index contributed by atoms with van der Waals surface area (Å²) < 4.78 is 0. The Kier molecular flexibility index (Phi) is 4.50. The van der Waals surface area contributed by atoms with E-state index in [1.807, 2.05) is 42.5 Å². The number of likely N-dealkylation sites (tertiary alicyclic amines) is 1. The Hall–Kier alpha value is -1.39. The van der Waals surface area contributed by atoms with Gasteiger partial charge in [0.2, 0.25) is 0 Å². The van der Waals surface area contributed by atoms with E-state index >= 15 is 0 Å². The van der Waals surface area contributed by atoms with Crippen LogP contribution in [-0.4, -0.2) is 29.2 Å². The second-order valence-corrected chi connectivity index (χ2v) is 6.47. The lowest BCUT2D eigenvalue weighted by atomic mass is 9.79. The van der Waals surface area contributed by atoms with Crippen LogP contribution >= 0.6 is 11.6 Å². The molecule has 116 valence electrons. The molecule has 0 spiro atoms. The van der Waals surface area contributed by atoms with E-state index in [0.717, 1.165) is 25.1 Å². The van der Waals surface area contributed by atoms with Crippen molar-refractivity contribution in [2.45, 2.75) is 24.6 Å². The molecular weight excluding hydrogens is 296 g/mol. The molecule has 3 rings (SSSR count). The van der Waals surface area contributed by atoms with Gasteiger partial charge in [-0.15, -0.1) is 0 Å². The summed E-state index contributed by atoms with van der Waals surface area (Å²) in [5, 5.41) is 11.3. The number of hydrogen-bond donors (Lipinski definition) is 2. The fraction of sp³-hybridized carbons (Fsp3) is 0.333. The lowest BCUT2D eigenvalue weighted by molar-refractivity contribution is -0.00150. The van der Waals surface area contributed by atoms with Crippen LogP contribution in [0.3, 0.4) is 0 Å². The quantitative estimate of drug-likeness (QED) is 0.915. The van der Waals surface area contributed by atoms with Crippen LogP contribution in [0, 0.1) is 0 Å². The molecule has 1 fully saturated rings. The molecular formula is C18H21ClN2O. The van der Waals surface area contributed by atoms with E-state index in [1.165, 1.54) is 5.56 Å². The van der Waals surface area contributed by atoms with Crippen molar-refractivity contribution < 1.29 is 5.11 Å². The summed E-state index contributed by atoms with van der Waals surface area (Å²) >= 11 is 5.93. The number of benzene rings is 2. The predicted molar refractivity (Wildman–Crippen MR) is 89.7 cm³/mol. The Morgan fingerprint density at radius 1 is 1.14 bits per heavy atom. The van der Waals surface area contributed by atoms with Crippen molar-refractivity contribution in [2.24, 2.45) is 5.73 Å². The Morgan fingerprint density at radius 2 is 1.82 bits per heavy atom. The SMILES string of the molecule is NC1(c2ccc(Cl)cc2)CCN(Cc2ccccc2)CC1O. The van der Waals surface area contributed by atoms with Gasteiger partial charge in [0.15, 0.2) is 0 Å². The highest BCUT2D eigenvalue weighted by atomic mass is 35.5. The molecule has 4 heteroatoms. The summed E-state index contributed by atoms with van der Waals surface area (Å²) in [6.45, 7) is 2.29. The van der Waals surface area contributed by atoms with Gasteiger partial charge in [-0.2, -0.15) is 0 Å². The maximum atomic E-state index is 10.6. The van der Waals surface area contributed by atoms with Crippen LogP contribution < -0.4 is 5.73 Å². The second-order valence-electron chi connectivity index (χ2n) is 6.03. The van der Waals surface area contributed by atoms with Crippen LogP contribution in [0.25, 0.3) is 0 Å². The van der Waals surface area contributed by atoms with Crippen molar-refractivity contribution in [2.75, 3.05) is 13.1 Å². The summed E-state index contributed by atoms with van der Waals surface area (Å²) in [4.78, 5) is 2.25. The van der Waals surface area contributed by atoms with E-state index in [1.54, 1.807) is 0 Å². The van der Waals surface area contributed by atoms with Gasteiger partial charge in [-0.3, -0.25) is 4.90 Å². The van der Waals surface area contributed by atoms with Crippen molar-refractivity contribution in [3.63, 3.8) is 0 Å². The number of nitrogens with zero attached hydrogens (tertiary/aromatic N) is 1. The average molecular weight is 317 g/mol. The number of aliphatic hydroxyl groups excluding tert-OH is 1. The molecule has 0 aromatic heterocycles. The average Bonchev–Trinajstić information content (AvgIpc) is 2.53. The molecule has 1 heterocycles. The fourth-order valence-corrected chi connectivity index (χ4v) is 3.22. The third-order valence-corrected chi connectivity index (χ3v) is 4.75. The van der Waals surface area contributed by atoms with Gasteiger partial charge in [0, 0.05) is 24.7 Å². The van der Waals surface area contributed by atoms with Crippen molar-refractivity contribution >= 4 is 11.6 Å². The number of halogens is 1. The first-order chi connectivity index (χ1) is 10.6. The van der Waals surface area contributed by atoms with Crippen LogP contribution in [0.5, 0.6) is 0 Å². The molecule has 1 aliphatic rings. The second kappa shape index (κ2) is 6.39. The lowest BCUT2D eigenvalue weighted by Gasteiger charge is -2.43. The minimum Gasteiger partial charge on any atom is -0.390 e. The van der Waals surface area contributed by atoms with Gasteiger partial charge in [0.25, 0.3) is 0 Å². The molecule has 22 heavy (non-hydrogen) atoms. The smallest absolute Gasteiger partial charge is 0.0888 e. The molecule has 0 radical (unpaired) electrons. The first kappa shape index (κ1) is 15.5. The summed E-state index contributed by atoms with van der Waals surface area (Å²) in [7, 11) is 0. The third kappa shape index (κ3) is 3.18. The molecule has 1 saturated heterocycles. The Bertz CT molecular complexity index is 617. The van der Waals surface area contributed by atoms with Crippen molar-refractivity contribution in [3.8, 4) is 0 Å². The molecule has 2 unspecified atom stereocenters. The summed E-state index contributed by atoms with van der Waals surface area (Å²) in [5.41, 5.74) is 8.02. The highest BCUT2D eigenvalue weighted by Gasteiger charge is 2.40. The van der Waals surface area contributed by atoms with Crippen molar-refractivity contribution in [1.29, 1.82) is 0 Å². The number of β-amino-alcohol motifs (C(OH)–C–C–N with tert-alkyl or cyclic N) is 1. The first-order valence-electron chi connectivity index (χ1n) is 7.57. The van der Waals surface area contributed by atoms with E-state index < -0.39 is 11.6 Å². The number of piperidine rings is 1. The largest absolute Gasteiger partial charge is 0.390 e. The van der Waals surface area contributed by atoms with Crippen LogP contribution in [0.2, 0.25) is 5.02 Å². The lowest BCUT2D eigenvalue weighted by Crippen LogP contribution is -2.58. The molecule has 0 aliphatic carbocycles. The first-order valence-corrected chi connectivity index (χ1v) is 7.95. The number of aliphatic hydroxyl groups is 1. The van der Waals surface area contributed by atoms with Crippen LogP contribution in [0.15, 0.2) is 54.6 Å². The highest BCUT2D eigenvalue weighted by molar-refractivity contribution is 6.30. The minimum absolute atomic E-state index is 0.577. The maximum absolute atomic E-state index is 10.6. The van der Waals surface area contributed by atoms with E-state index in [2.05, 4.69) is 17.0 Å². The van der Waals surface area contributed by atoms with Crippen LogP contribution in [0.1, 0.15) is 17.5 Å². The van der Waals surface area contributed by atoms with Crippen LogP contribution in [-0.2, 0) is 12.1 Å². The van der Waals surface area contributed by atoms with Gasteiger partial charge in [-0.05, 0) is 29.7 Å². The molecule has 0 saturated carbocycles. The topological polar surface area (TPSA) is 49.5 Å². The molecule has 2 aromatic rings. The Morgan fingerprint density at radius 3 is 2.45 bits per heavy atom. The van der Waals surface area contributed by atoms with Gasteiger partial charge in [-0.1, -0.05) is 54.1 Å². The standard InChI is InChI=1S/C18H21ClN2O/c19-16-8-6-15(7-9-16)18(20)10-11-21(13-17(18)22)12-14-4-2-1-3-5-14/h1-9,17,22H,10-13,20H2. The normalized spacial score (nSPS) is 26.0. The number of rotatable bonds is 3. The van der Waals surface area contributed by atoms with Gasteiger partial charge in [0.05, 0.1) is 11.6 Å². The number of nitrogens with two attached hydrogens (primary N) is 1. The fourth-order valence-electron chi connectivity index (χ4n) is 3.09. The zero-order chi connectivity index (χ0) is 15.6. The summed E-state index contributed by atoms with van der Waals surface area (Å²) in [6, 6.07) is 17.8. The molecule has 0 amide bonds. The molecule has 0 bridgehead atoms. The van der Waals surface area contributed by atoms with E-state index in [9.17, 15) is 5.11 Å². The van der Waals surface area contributed by atoms with Gasteiger partial charge in [0.1, 0.15) is 0 Å². The predicted octanol–water partition coefficient (Wildman–Crippen LogP) is 2.76. The Labute approximate surface area is 136 Å². The molecule has 2 atom stereocenters. The third-order valence-electron chi connectivity index (χ3n) is 4.50. The molecule has 3 nitrogen and oxygen atoms in total. The van der Waals surface area contributed by atoms with Crippen molar-refractivity contribution in [1.82, 2.24) is 4.90 Å². The monoisotopic (exact) mass is 316 g/mol.